The molecule has 16 heavy (non-hydrogen) atoms. The Bertz CT molecular complexity index is 298. The van der Waals surface area contributed by atoms with Crippen LogP contribution in [-0.2, 0) is 13.1 Å². The minimum Gasteiger partial charge on any atom is -0.392 e. The number of aliphatic hydroxyl groups is 1. The summed E-state index contributed by atoms with van der Waals surface area (Å²) in [5.74, 6) is 1.48. The fourth-order valence-electron chi connectivity index (χ4n) is 1.42. The van der Waals surface area contributed by atoms with Gasteiger partial charge in [0.1, 0.15) is 12.2 Å². The maximum atomic E-state index is 9.40. The summed E-state index contributed by atoms with van der Waals surface area (Å²) in [4.78, 5) is 4.20. The van der Waals surface area contributed by atoms with Crippen molar-refractivity contribution in [2.24, 2.45) is 5.92 Å². The molecule has 1 heterocycles. The van der Waals surface area contributed by atoms with Gasteiger partial charge < -0.3 is 10.4 Å². The second kappa shape index (κ2) is 6.60. The number of aromatic nitrogens is 3. The Hall–Kier alpha value is -0.940. The molecule has 0 bridgehead atoms. The third kappa shape index (κ3) is 4.28. The molecule has 0 fully saturated rings. The lowest BCUT2D eigenvalue weighted by molar-refractivity contribution is 0.166. The minimum atomic E-state index is -0.276. The molecule has 0 saturated heterocycles. The van der Waals surface area contributed by atoms with E-state index in [2.05, 4.69) is 29.2 Å². The van der Waals surface area contributed by atoms with Crippen LogP contribution in [0.1, 0.15) is 33.0 Å². The third-order valence-electron chi connectivity index (χ3n) is 2.37. The molecule has 5 nitrogen and oxygen atoms in total. The first kappa shape index (κ1) is 13.1. The van der Waals surface area contributed by atoms with E-state index in [9.17, 15) is 5.11 Å². The van der Waals surface area contributed by atoms with Crippen LogP contribution in [0.4, 0.5) is 0 Å². The van der Waals surface area contributed by atoms with Crippen molar-refractivity contribution in [3.63, 3.8) is 0 Å². The first-order valence-electron chi connectivity index (χ1n) is 5.89. The average Bonchev–Trinajstić information content (AvgIpc) is 2.64. The highest BCUT2D eigenvalue weighted by molar-refractivity contribution is 4.84. The molecule has 0 aliphatic heterocycles. The van der Waals surface area contributed by atoms with Crippen molar-refractivity contribution >= 4 is 0 Å². The molecule has 0 aromatic carbocycles. The summed E-state index contributed by atoms with van der Waals surface area (Å²) < 4.78 is 1.91. The van der Waals surface area contributed by atoms with E-state index in [0.717, 1.165) is 18.8 Å². The maximum Gasteiger partial charge on any atom is 0.140 e. The first-order valence-corrected chi connectivity index (χ1v) is 5.89. The summed E-state index contributed by atoms with van der Waals surface area (Å²) in [6, 6.07) is 0. The van der Waals surface area contributed by atoms with Crippen LogP contribution in [0.3, 0.4) is 0 Å². The summed E-state index contributed by atoms with van der Waals surface area (Å²) >= 11 is 0. The highest BCUT2D eigenvalue weighted by Crippen LogP contribution is 2.00. The zero-order chi connectivity index (χ0) is 12.0. The van der Waals surface area contributed by atoms with Gasteiger partial charge in [-0.15, -0.1) is 0 Å². The van der Waals surface area contributed by atoms with E-state index in [0.29, 0.717) is 19.0 Å². The SMILES string of the molecule is CCC(O)CNCc1ncnn1CC(C)C. The molecule has 1 atom stereocenters. The molecule has 0 radical (unpaired) electrons. The van der Waals surface area contributed by atoms with Gasteiger partial charge in [0.15, 0.2) is 0 Å². The molecule has 0 saturated carbocycles. The molecular weight excluding hydrogens is 204 g/mol. The fraction of sp³-hybridized carbons (Fsp3) is 0.818. The molecule has 1 rings (SSSR count). The van der Waals surface area contributed by atoms with Crippen LogP contribution in [0.15, 0.2) is 6.33 Å². The van der Waals surface area contributed by atoms with Gasteiger partial charge in [-0.2, -0.15) is 5.10 Å². The monoisotopic (exact) mass is 226 g/mol. The summed E-state index contributed by atoms with van der Waals surface area (Å²) in [5.41, 5.74) is 0. The molecular formula is C11H22N4O. The summed E-state index contributed by atoms with van der Waals surface area (Å²) in [5, 5.41) is 16.8. The molecule has 2 N–H and O–H groups in total. The third-order valence-corrected chi connectivity index (χ3v) is 2.37. The Morgan fingerprint density at radius 3 is 2.88 bits per heavy atom. The Balaban J connectivity index is 2.38. The quantitative estimate of drug-likeness (QED) is 0.721. The van der Waals surface area contributed by atoms with Crippen LogP contribution in [0.5, 0.6) is 0 Å². The lowest BCUT2D eigenvalue weighted by atomic mass is 10.2. The smallest absolute Gasteiger partial charge is 0.140 e. The zero-order valence-corrected chi connectivity index (χ0v) is 10.3. The molecule has 0 aliphatic carbocycles. The largest absolute Gasteiger partial charge is 0.392 e. The van der Waals surface area contributed by atoms with Gasteiger partial charge in [0.05, 0.1) is 12.6 Å². The highest BCUT2D eigenvalue weighted by Gasteiger charge is 2.06. The van der Waals surface area contributed by atoms with Crippen LogP contribution >= 0.6 is 0 Å². The Morgan fingerprint density at radius 1 is 1.50 bits per heavy atom. The normalized spacial score (nSPS) is 13.3. The summed E-state index contributed by atoms with van der Waals surface area (Å²) in [6.07, 6.45) is 2.07. The van der Waals surface area contributed by atoms with Crippen LogP contribution in [0, 0.1) is 5.92 Å². The van der Waals surface area contributed by atoms with Gasteiger partial charge in [0.25, 0.3) is 0 Å². The molecule has 0 spiro atoms. The van der Waals surface area contributed by atoms with Gasteiger partial charge in [-0.1, -0.05) is 20.8 Å². The summed E-state index contributed by atoms with van der Waals surface area (Å²) in [7, 11) is 0. The van der Waals surface area contributed by atoms with Gasteiger partial charge in [-0.3, -0.25) is 0 Å². The van der Waals surface area contributed by atoms with Crippen molar-refractivity contribution in [3.05, 3.63) is 12.2 Å². The lowest BCUT2D eigenvalue weighted by Gasteiger charge is -2.11. The van der Waals surface area contributed by atoms with Crippen molar-refractivity contribution in [2.45, 2.75) is 46.4 Å². The Kier molecular flexibility index (Phi) is 5.42. The van der Waals surface area contributed by atoms with E-state index in [-0.39, 0.29) is 6.10 Å². The van der Waals surface area contributed by atoms with E-state index >= 15 is 0 Å². The molecule has 1 aromatic heterocycles. The van der Waals surface area contributed by atoms with Gasteiger partial charge >= 0.3 is 0 Å². The Labute approximate surface area is 96.9 Å². The van der Waals surface area contributed by atoms with Gasteiger partial charge in [-0.05, 0) is 12.3 Å². The standard InChI is InChI=1S/C11H22N4O/c1-4-10(16)5-12-6-11-13-8-14-15(11)7-9(2)3/h8-10,12,16H,4-7H2,1-3H3. The van der Waals surface area contributed by atoms with Gasteiger partial charge in [0, 0.05) is 13.1 Å². The predicted octanol–water partition coefficient (Wildman–Crippen LogP) is 0.795. The second-order valence-corrected chi connectivity index (χ2v) is 4.45. The Morgan fingerprint density at radius 2 is 2.25 bits per heavy atom. The molecule has 0 aliphatic rings. The topological polar surface area (TPSA) is 63.0 Å². The maximum absolute atomic E-state index is 9.40. The van der Waals surface area contributed by atoms with Crippen molar-refractivity contribution in [3.8, 4) is 0 Å². The lowest BCUT2D eigenvalue weighted by Crippen LogP contribution is -2.27. The number of hydrogen-bond donors (Lipinski definition) is 2. The number of aliphatic hydroxyl groups excluding tert-OH is 1. The van der Waals surface area contributed by atoms with Crippen molar-refractivity contribution in [2.75, 3.05) is 6.54 Å². The number of nitrogens with one attached hydrogen (secondary N) is 1. The average molecular weight is 226 g/mol. The molecule has 5 heteroatoms. The zero-order valence-electron chi connectivity index (χ0n) is 10.3. The van der Waals surface area contributed by atoms with Gasteiger partial charge in [-0.25, -0.2) is 9.67 Å². The molecule has 0 amide bonds. The van der Waals surface area contributed by atoms with E-state index < -0.39 is 0 Å². The molecule has 92 valence electrons. The van der Waals surface area contributed by atoms with Crippen LogP contribution < -0.4 is 5.32 Å². The summed E-state index contributed by atoms with van der Waals surface area (Å²) in [6.45, 7) is 8.41. The highest BCUT2D eigenvalue weighted by atomic mass is 16.3. The van der Waals surface area contributed by atoms with Crippen molar-refractivity contribution < 1.29 is 5.11 Å². The van der Waals surface area contributed by atoms with Crippen molar-refractivity contribution in [1.29, 1.82) is 0 Å². The van der Waals surface area contributed by atoms with E-state index in [1.807, 2.05) is 11.6 Å². The van der Waals surface area contributed by atoms with Crippen LogP contribution in [-0.4, -0.2) is 32.5 Å². The number of nitrogens with zero attached hydrogens (tertiary/aromatic N) is 3. The van der Waals surface area contributed by atoms with Gasteiger partial charge in [0.2, 0.25) is 0 Å². The fourth-order valence-corrected chi connectivity index (χ4v) is 1.42. The predicted molar refractivity (Wildman–Crippen MR) is 62.9 cm³/mol. The minimum absolute atomic E-state index is 0.276. The molecule has 1 unspecified atom stereocenters. The van der Waals surface area contributed by atoms with Crippen LogP contribution in [0.25, 0.3) is 0 Å². The van der Waals surface area contributed by atoms with E-state index in [1.165, 1.54) is 0 Å². The molecule has 1 aromatic rings. The van der Waals surface area contributed by atoms with Crippen LogP contribution in [0.2, 0.25) is 0 Å². The van der Waals surface area contributed by atoms with Crippen molar-refractivity contribution in [1.82, 2.24) is 20.1 Å². The first-order chi connectivity index (χ1) is 7.63. The van der Waals surface area contributed by atoms with E-state index in [1.54, 1.807) is 6.33 Å². The number of rotatable bonds is 7. The number of hydrogen-bond acceptors (Lipinski definition) is 4. The van der Waals surface area contributed by atoms with E-state index in [4.69, 9.17) is 0 Å². The second-order valence-electron chi connectivity index (χ2n) is 4.45.